The van der Waals surface area contributed by atoms with Crippen molar-refractivity contribution in [2.45, 2.75) is 58.0 Å². The fraction of sp³-hybridized carbons (Fsp3) is 0.739. The lowest BCUT2D eigenvalue weighted by atomic mass is 9.77. The normalized spacial score (nSPS) is 24.7. The highest BCUT2D eigenvalue weighted by molar-refractivity contribution is 5.49. The van der Waals surface area contributed by atoms with E-state index in [4.69, 9.17) is 9.47 Å². The Balaban J connectivity index is 1.80. The molecule has 1 saturated heterocycles. The zero-order chi connectivity index (χ0) is 20.1. The number of fused-ring (bicyclic) bond motifs is 3. The minimum absolute atomic E-state index is 0.215. The van der Waals surface area contributed by atoms with Gasteiger partial charge >= 0.3 is 0 Å². The molecule has 0 bridgehead atoms. The van der Waals surface area contributed by atoms with Crippen LogP contribution < -0.4 is 14.8 Å². The molecule has 1 N–H and O–H groups in total. The molecule has 1 aromatic carbocycles. The highest BCUT2D eigenvalue weighted by atomic mass is 19.1. The van der Waals surface area contributed by atoms with E-state index in [1.165, 1.54) is 17.5 Å². The van der Waals surface area contributed by atoms with E-state index in [1.807, 2.05) is 0 Å². The summed E-state index contributed by atoms with van der Waals surface area (Å²) in [5.41, 5.74) is 2.78. The zero-order valence-electron chi connectivity index (χ0n) is 18.0. The summed E-state index contributed by atoms with van der Waals surface area (Å²) in [5, 5.41) is 3.78. The average Bonchev–Trinajstić information content (AvgIpc) is 2.69. The van der Waals surface area contributed by atoms with E-state index >= 15 is 0 Å². The molecule has 0 spiro atoms. The van der Waals surface area contributed by atoms with Crippen molar-refractivity contribution in [1.29, 1.82) is 0 Å². The monoisotopic (exact) mass is 392 g/mol. The first kappa shape index (κ1) is 21.4. The van der Waals surface area contributed by atoms with Crippen LogP contribution in [0.1, 0.15) is 56.7 Å². The number of nitrogens with zero attached hydrogens (tertiary/aromatic N) is 1. The summed E-state index contributed by atoms with van der Waals surface area (Å²) in [5.74, 6) is 2.99. The Kier molecular flexibility index (Phi) is 7.58. The topological polar surface area (TPSA) is 33.7 Å². The van der Waals surface area contributed by atoms with Crippen LogP contribution in [0.2, 0.25) is 0 Å². The fourth-order valence-electron chi connectivity index (χ4n) is 5.04. The molecular formula is C23H37FN2O2. The van der Waals surface area contributed by atoms with E-state index in [0.717, 1.165) is 50.4 Å². The molecule has 4 nitrogen and oxygen atoms in total. The van der Waals surface area contributed by atoms with Crippen molar-refractivity contribution in [1.82, 2.24) is 10.2 Å². The second-order valence-corrected chi connectivity index (χ2v) is 8.75. The SMILES string of the molecule is COc1cc2c(cc1OC)C1CC(NCCCCF)C(CC(C)C)CN1CC2. The first-order chi connectivity index (χ1) is 13.6. The Morgan fingerprint density at radius 2 is 1.93 bits per heavy atom. The van der Waals surface area contributed by atoms with Crippen LogP contribution in [0, 0.1) is 11.8 Å². The average molecular weight is 393 g/mol. The third-order valence-corrected chi connectivity index (χ3v) is 6.37. The summed E-state index contributed by atoms with van der Waals surface area (Å²) < 4.78 is 23.6. The molecule has 3 atom stereocenters. The van der Waals surface area contributed by atoms with Crippen LogP contribution in [0.4, 0.5) is 4.39 Å². The molecule has 2 aliphatic rings. The van der Waals surface area contributed by atoms with Gasteiger partial charge in [-0.1, -0.05) is 13.8 Å². The van der Waals surface area contributed by atoms with Crippen LogP contribution >= 0.6 is 0 Å². The molecule has 0 amide bonds. The lowest BCUT2D eigenvalue weighted by Gasteiger charge is -2.48. The fourth-order valence-corrected chi connectivity index (χ4v) is 5.04. The molecule has 0 aliphatic carbocycles. The van der Waals surface area contributed by atoms with Crippen LogP contribution in [-0.2, 0) is 6.42 Å². The molecule has 2 heterocycles. The number of benzene rings is 1. The number of piperidine rings is 1. The van der Waals surface area contributed by atoms with Gasteiger partial charge in [0, 0.05) is 25.2 Å². The van der Waals surface area contributed by atoms with E-state index in [9.17, 15) is 4.39 Å². The lowest BCUT2D eigenvalue weighted by Crippen LogP contribution is -2.53. The first-order valence-corrected chi connectivity index (χ1v) is 10.9. The molecule has 1 fully saturated rings. The van der Waals surface area contributed by atoms with Gasteiger partial charge in [-0.25, -0.2) is 0 Å². The van der Waals surface area contributed by atoms with Crippen molar-refractivity contribution in [3.05, 3.63) is 23.3 Å². The van der Waals surface area contributed by atoms with Crippen molar-refractivity contribution in [3.63, 3.8) is 0 Å². The standard InChI is InChI=1S/C23H37FN2O2/c1-16(2)11-18-15-26-10-7-17-12-22(27-3)23(28-4)13-19(17)21(26)14-20(18)25-9-6-5-8-24/h12-13,16,18,20-21,25H,5-11,14-15H2,1-4H3. The third kappa shape index (κ3) is 4.80. The maximum Gasteiger partial charge on any atom is 0.161 e. The van der Waals surface area contributed by atoms with Gasteiger partial charge in [0.2, 0.25) is 0 Å². The number of hydrogen-bond acceptors (Lipinski definition) is 4. The molecule has 3 rings (SSSR count). The summed E-state index contributed by atoms with van der Waals surface area (Å²) in [7, 11) is 3.41. The predicted molar refractivity (Wildman–Crippen MR) is 112 cm³/mol. The molecule has 0 aromatic heterocycles. The Morgan fingerprint density at radius 3 is 2.61 bits per heavy atom. The molecule has 158 valence electrons. The Bertz CT molecular complexity index is 637. The molecule has 0 radical (unpaired) electrons. The first-order valence-electron chi connectivity index (χ1n) is 10.9. The number of ether oxygens (including phenoxy) is 2. The van der Waals surface area contributed by atoms with Gasteiger partial charge in [0.05, 0.1) is 20.9 Å². The van der Waals surface area contributed by atoms with Gasteiger partial charge in [-0.05, 0) is 73.7 Å². The Labute approximate surface area is 169 Å². The van der Waals surface area contributed by atoms with Crippen molar-refractivity contribution in [2.24, 2.45) is 11.8 Å². The van der Waals surface area contributed by atoms with Gasteiger partial charge in [0.1, 0.15) is 0 Å². The van der Waals surface area contributed by atoms with Gasteiger partial charge in [0.25, 0.3) is 0 Å². The molecule has 5 heteroatoms. The minimum Gasteiger partial charge on any atom is -0.493 e. The van der Waals surface area contributed by atoms with E-state index in [0.29, 0.717) is 30.3 Å². The zero-order valence-corrected chi connectivity index (χ0v) is 18.0. The van der Waals surface area contributed by atoms with E-state index in [1.54, 1.807) is 14.2 Å². The molecule has 3 unspecified atom stereocenters. The van der Waals surface area contributed by atoms with Crippen molar-refractivity contribution in [3.8, 4) is 11.5 Å². The molecular weight excluding hydrogens is 355 g/mol. The number of alkyl halides is 1. The number of nitrogens with one attached hydrogen (secondary N) is 1. The lowest BCUT2D eigenvalue weighted by molar-refractivity contribution is 0.0614. The molecule has 2 aliphatic heterocycles. The quantitative estimate of drug-likeness (QED) is 0.633. The van der Waals surface area contributed by atoms with Gasteiger partial charge in [-0.15, -0.1) is 0 Å². The van der Waals surface area contributed by atoms with Crippen molar-refractivity contribution >= 4 is 0 Å². The van der Waals surface area contributed by atoms with Crippen LogP contribution in [0.15, 0.2) is 12.1 Å². The Hall–Kier alpha value is -1.33. The third-order valence-electron chi connectivity index (χ3n) is 6.37. The van der Waals surface area contributed by atoms with Crippen LogP contribution in [0.3, 0.4) is 0 Å². The maximum absolute atomic E-state index is 12.5. The number of rotatable bonds is 9. The van der Waals surface area contributed by atoms with Gasteiger partial charge in [0.15, 0.2) is 11.5 Å². The predicted octanol–water partition coefficient (Wildman–Crippen LogP) is 4.38. The van der Waals surface area contributed by atoms with Crippen molar-refractivity contribution < 1.29 is 13.9 Å². The van der Waals surface area contributed by atoms with E-state index < -0.39 is 0 Å². The number of halogens is 1. The van der Waals surface area contributed by atoms with Gasteiger partial charge in [-0.3, -0.25) is 9.29 Å². The van der Waals surface area contributed by atoms with Crippen molar-refractivity contribution in [2.75, 3.05) is 40.5 Å². The maximum atomic E-state index is 12.5. The molecule has 28 heavy (non-hydrogen) atoms. The summed E-state index contributed by atoms with van der Waals surface area (Å²) in [6.45, 7) is 7.57. The summed E-state index contributed by atoms with van der Waals surface area (Å²) in [6.07, 6.45) is 4.98. The Morgan fingerprint density at radius 1 is 1.18 bits per heavy atom. The summed E-state index contributed by atoms with van der Waals surface area (Å²) >= 11 is 0. The van der Waals surface area contributed by atoms with E-state index in [2.05, 4.69) is 36.2 Å². The largest absolute Gasteiger partial charge is 0.493 e. The summed E-state index contributed by atoms with van der Waals surface area (Å²) in [6, 6.07) is 5.26. The highest BCUT2D eigenvalue weighted by Gasteiger charge is 2.39. The van der Waals surface area contributed by atoms with Gasteiger partial charge in [-0.2, -0.15) is 0 Å². The smallest absolute Gasteiger partial charge is 0.161 e. The number of methoxy groups -OCH3 is 2. The summed E-state index contributed by atoms with van der Waals surface area (Å²) in [4.78, 5) is 2.67. The minimum atomic E-state index is -0.215. The van der Waals surface area contributed by atoms with E-state index in [-0.39, 0.29) is 6.67 Å². The second-order valence-electron chi connectivity index (χ2n) is 8.75. The number of unbranched alkanes of at least 4 members (excludes halogenated alkanes) is 1. The highest BCUT2D eigenvalue weighted by Crippen LogP contribution is 2.43. The van der Waals surface area contributed by atoms with Crippen LogP contribution in [-0.4, -0.2) is 51.5 Å². The second kappa shape index (κ2) is 9.93. The molecule has 0 saturated carbocycles. The molecule has 1 aromatic rings. The number of hydrogen-bond donors (Lipinski definition) is 1. The van der Waals surface area contributed by atoms with Crippen LogP contribution in [0.5, 0.6) is 11.5 Å². The van der Waals surface area contributed by atoms with Gasteiger partial charge < -0.3 is 14.8 Å². The van der Waals surface area contributed by atoms with Crippen LogP contribution in [0.25, 0.3) is 0 Å².